The summed E-state index contributed by atoms with van der Waals surface area (Å²) in [6, 6.07) is 21.7. The summed E-state index contributed by atoms with van der Waals surface area (Å²) in [6.07, 6.45) is 2.59. The maximum absolute atomic E-state index is 5.93. The molecular formula is C26H25N5O. The summed E-state index contributed by atoms with van der Waals surface area (Å²) in [6.45, 7) is 1.49. The lowest BCUT2D eigenvalue weighted by molar-refractivity contribution is 0.272. The van der Waals surface area contributed by atoms with Gasteiger partial charge in [0.05, 0.1) is 6.61 Å². The van der Waals surface area contributed by atoms with Crippen LogP contribution in [-0.2, 0) is 0 Å². The molecule has 0 aliphatic rings. The lowest BCUT2D eigenvalue weighted by Crippen LogP contribution is -2.16. The molecule has 6 heteroatoms. The predicted octanol–water partition coefficient (Wildman–Crippen LogP) is 4.50. The fourth-order valence-corrected chi connectivity index (χ4v) is 3.07. The van der Waals surface area contributed by atoms with Gasteiger partial charge in [-0.2, -0.15) is 0 Å². The Morgan fingerprint density at radius 3 is 2.44 bits per heavy atom. The van der Waals surface area contributed by atoms with E-state index >= 15 is 0 Å². The first kappa shape index (κ1) is 21.3. The lowest BCUT2D eigenvalue weighted by Gasteiger charge is -2.11. The third-order valence-electron chi connectivity index (χ3n) is 4.67. The standard InChI is InChI=1S/C26H25N5O/c1-31(2)18-7-19-32-26-24(29-25-23(30-26)10-6-17-27-25)16-13-20-11-14-22(15-12-20)28-21-8-4-3-5-9-21/h3-6,8-12,14-15,17,28H,7,18-19H2,1-2H3. The van der Waals surface area contributed by atoms with Gasteiger partial charge >= 0.3 is 0 Å². The number of ether oxygens (including phenoxy) is 1. The van der Waals surface area contributed by atoms with Crippen LogP contribution < -0.4 is 10.1 Å². The zero-order chi connectivity index (χ0) is 22.2. The number of nitrogens with one attached hydrogen (secondary N) is 1. The number of pyridine rings is 1. The average molecular weight is 424 g/mol. The summed E-state index contributed by atoms with van der Waals surface area (Å²) in [5.41, 5.74) is 4.66. The monoisotopic (exact) mass is 423 g/mol. The zero-order valence-electron chi connectivity index (χ0n) is 18.2. The van der Waals surface area contributed by atoms with E-state index in [1.807, 2.05) is 80.8 Å². The minimum absolute atomic E-state index is 0.444. The molecule has 0 unspecified atom stereocenters. The van der Waals surface area contributed by atoms with Crippen LogP contribution in [0.3, 0.4) is 0 Å². The third kappa shape index (κ3) is 5.81. The molecule has 4 aromatic rings. The van der Waals surface area contributed by atoms with Crippen LogP contribution in [0.5, 0.6) is 5.88 Å². The summed E-state index contributed by atoms with van der Waals surface area (Å²) in [5, 5.41) is 3.37. The van der Waals surface area contributed by atoms with Crippen molar-refractivity contribution in [1.82, 2.24) is 19.9 Å². The molecule has 0 aliphatic heterocycles. The topological polar surface area (TPSA) is 63.2 Å². The lowest BCUT2D eigenvalue weighted by atomic mass is 10.2. The first-order valence-electron chi connectivity index (χ1n) is 10.5. The molecule has 2 aromatic heterocycles. The molecule has 6 nitrogen and oxygen atoms in total. The van der Waals surface area contributed by atoms with Crippen molar-refractivity contribution in [1.29, 1.82) is 0 Å². The molecule has 0 saturated heterocycles. The molecule has 0 fully saturated rings. The molecule has 160 valence electrons. The van der Waals surface area contributed by atoms with E-state index in [1.165, 1.54) is 0 Å². The molecule has 0 amide bonds. The molecule has 4 rings (SSSR count). The number of anilines is 2. The van der Waals surface area contributed by atoms with Crippen LogP contribution >= 0.6 is 0 Å². The normalized spacial score (nSPS) is 10.6. The Balaban J connectivity index is 1.53. The van der Waals surface area contributed by atoms with Crippen LogP contribution in [0.25, 0.3) is 11.2 Å². The number of nitrogens with zero attached hydrogens (tertiary/aromatic N) is 4. The molecule has 0 aliphatic carbocycles. The Morgan fingerprint density at radius 2 is 1.66 bits per heavy atom. The van der Waals surface area contributed by atoms with Gasteiger partial charge in [0.25, 0.3) is 0 Å². The molecular weight excluding hydrogens is 398 g/mol. The Hall–Kier alpha value is -3.95. The van der Waals surface area contributed by atoms with Crippen molar-refractivity contribution in [2.45, 2.75) is 6.42 Å². The Kier molecular flexibility index (Phi) is 6.91. The van der Waals surface area contributed by atoms with Gasteiger partial charge in [-0.25, -0.2) is 15.0 Å². The van der Waals surface area contributed by atoms with Crippen LogP contribution in [-0.4, -0.2) is 47.1 Å². The second-order valence-electron chi connectivity index (χ2n) is 7.55. The number of aromatic nitrogens is 3. The van der Waals surface area contributed by atoms with Crippen LogP contribution in [0.4, 0.5) is 11.4 Å². The van der Waals surface area contributed by atoms with Gasteiger partial charge in [0.1, 0.15) is 5.52 Å². The fourth-order valence-electron chi connectivity index (χ4n) is 3.07. The molecule has 0 spiro atoms. The number of para-hydroxylation sites is 1. The number of hydrogen-bond acceptors (Lipinski definition) is 6. The zero-order valence-corrected chi connectivity index (χ0v) is 18.2. The van der Waals surface area contributed by atoms with Crippen molar-refractivity contribution in [2.24, 2.45) is 0 Å². The summed E-state index contributed by atoms with van der Waals surface area (Å²) in [5.74, 6) is 6.73. The first-order valence-corrected chi connectivity index (χ1v) is 10.5. The average Bonchev–Trinajstić information content (AvgIpc) is 2.82. The van der Waals surface area contributed by atoms with E-state index in [1.54, 1.807) is 6.20 Å². The second-order valence-corrected chi connectivity index (χ2v) is 7.55. The minimum Gasteiger partial charge on any atom is -0.476 e. The smallest absolute Gasteiger partial charge is 0.249 e. The van der Waals surface area contributed by atoms with Gasteiger partial charge < -0.3 is 15.0 Å². The van der Waals surface area contributed by atoms with Crippen molar-refractivity contribution in [3.63, 3.8) is 0 Å². The van der Waals surface area contributed by atoms with Gasteiger partial charge in [-0.3, -0.25) is 0 Å². The van der Waals surface area contributed by atoms with Gasteiger partial charge in [-0.05, 0) is 75.0 Å². The van der Waals surface area contributed by atoms with Crippen molar-refractivity contribution in [3.05, 3.63) is 84.2 Å². The quantitative estimate of drug-likeness (QED) is 0.349. The highest BCUT2D eigenvalue weighted by molar-refractivity contribution is 5.71. The molecule has 0 saturated carbocycles. The van der Waals surface area contributed by atoms with Gasteiger partial charge in [0.15, 0.2) is 11.3 Å². The summed E-state index contributed by atoms with van der Waals surface area (Å²) < 4.78 is 5.93. The SMILES string of the molecule is CN(C)CCCOc1nc2cccnc2nc1C#Cc1ccc(Nc2ccccc2)cc1. The van der Waals surface area contributed by atoms with E-state index in [0.29, 0.717) is 29.3 Å². The molecule has 2 heterocycles. The van der Waals surface area contributed by atoms with E-state index in [-0.39, 0.29) is 0 Å². The van der Waals surface area contributed by atoms with Crippen LogP contribution in [0.1, 0.15) is 17.7 Å². The fraction of sp³-hybridized carbons (Fsp3) is 0.192. The van der Waals surface area contributed by atoms with E-state index in [4.69, 9.17) is 4.74 Å². The maximum Gasteiger partial charge on any atom is 0.249 e. The maximum atomic E-state index is 5.93. The number of benzene rings is 2. The molecule has 32 heavy (non-hydrogen) atoms. The summed E-state index contributed by atoms with van der Waals surface area (Å²) in [7, 11) is 4.08. The second kappa shape index (κ2) is 10.4. The van der Waals surface area contributed by atoms with E-state index in [9.17, 15) is 0 Å². The molecule has 0 atom stereocenters. The van der Waals surface area contributed by atoms with Gasteiger partial charge in [-0.1, -0.05) is 24.1 Å². The minimum atomic E-state index is 0.444. The van der Waals surface area contributed by atoms with Crippen molar-refractivity contribution < 1.29 is 4.74 Å². The van der Waals surface area contributed by atoms with Crippen molar-refractivity contribution in [3.8, 4) is 17.7 Å². The Bertz CT molecular complexity index is 1230. The molecule has 0 radical (unpaired) electrons. The highest BCUT2D eigenvalue weighted by Gasteiger charge is 2.09. The van der Waals surface area contributed by atoms with E-state index in [2.05, 4.69) is 37.0 Å². The van der Waals surface area contributed by atoms with E-state index in [0.717, 1.165) is 29.9 Å². The summed E-state index contributed by atoms with van der Waals surface area (Å²) in [4.78, 5) is 15.6. The van der Waals surface area contributed by atoms with Gasteiger partial charge in [0.2, 0.25) is 5.88 Å². The number of rotatable bonds is 7. The van der Waals surface area contributed by atoms with Crippen LogP contribution in [0.2, 0.25) is 0 Å². The first-order chi connectivity index (χ1) is 15.7. The highest BCUT2D eigenvalue weighted by Crippen LogP contribution is 2.19. The number of fused-ring (bicyclic) bond motifs is 1. The predicted molar refractivity (Wildman–Crippen MR) is 128 cm³/mol. The highest BCUT2D eigenvalue weighted by atomic mass is 16.5. The largest absolute Gasteiger partial charge is 0.476 e. The molecule has 1 N–H and O–H groups in total. The van der Waals surface area contributed by atoms with Crippen LogP contribution in [0.15, 0.2) is 72.9 Å². The van der Waals surface area contributed by atoms with E-state index < -0.39 is 0 Å². The van der Waals surface area contributed by atoms with Crippen molar-refractivity contribution in [2.75, 3.05) is 32.6 Å². The van der Waals surface area contributed by atoms with Gasteiger partial charge in [0, 0.05) is 29.7 Å². The van der Waals surface area contributed by atoms with Gasteiger partial charge in [-0.15, -0.1) is 0 Å². The van der Waals surface area contributed by atoms with Crippen molar-refractivity contribution >= 4 is 22.5 Å². The molecule has 0 bridgehead atoms. The third-order valence-corrected chi connectivity index (χ3v) is 4.67. The molecule has 2 aromatic carbocycles. The van der Waals surface area contributed by atoms with Crippen LogP contribution in [0, 0.1) is 11.8 Å². The Labute approximate surface area is 188 Å². The Morgan fingerprint density at radius 1 is 0.875 bits per heavy atom. The summed E-state index contributed by atoms with van der Waals surface area (Å²) >= 11 is 0. The number of hydrogen-bond donors (Lipinski definition) is 1.